The second-order valence-corrected chi connectivity index (χ2v) is 6.16. The predicted octanol–water partition coefficient (Wildman–Crippen LogP) is 4.22. The van der Waals surface area contributed by atoms with Crippen LogP contribution >= 0.6 is 0 Å². The molecule has 0 heterocycles. The topological polar surface area (TPSA) is 52.6 Å². The zero-order valence-electron chi connectivity index (χ0n) is 15.2. The van der Waals surface area contributed by atoms with E-state index in [1.54, 1.807) is 0 Å². The minimum Gasteiger partial charge on any atom is -0.465 e. The first-order valence-corrected chi connectivity index (χ1v) is 8.77. The first-order valence-electron chi connectivity index (χ1n) is 8.77. The molecule has 0 aliphatic heterocycles. The molecule has 22 heavy (non-hydrogen) atoms. The molecule has 0 radical (unpaired) electrons. The summed E-state index contributed by atoms with van der Waals surface area (Å²) in [7, 11) is 0. The second-order valence-electron chi connectivity index (χ2n) is 6.16. The van der Waals surface area contributed by atoms with Gasteiger partial charge in [0.25, 0.3) is 0 Å². The van der Waals surface area contributed by atoms with Crippen molar-refractivity contribution in [2.24, 2.45) is 23.7 Å². The molecule has 0 spiro atoms. The van der Waals surface area contributed by atoms with Crippen molar-refractivity contribution in [1.82, 2.24) is 0 Å². The lowest BCUT2D eigenvalue weighted by Crippen LogP contribution is -2.40. The third-order valence-corrected chi connectivity index (χ3v) is 4.34. The van der Waals surface area contributed by atoms with E-state index in [0.717, 1.165) is 25.7 Å². The molecule has 0 saturated heterocycles. The summed E-state index contributed by atoms with van der Waals surface area (Å²) in [5.41, 5.74) is 0. The van der Waals surface area contributed by atoms with Crippen LogP contribution in [0.25, 0.3) is 0 Å². The van der Waals surface area contributed by atoms with Crippen LogP contribution in [0.2, 0.25) is 0 Å². The highest BCUT2D eigenvalue weighted by Crippen LogP contribution is 2.33. The maximum absolute atomic E-state index is 12.5. The van der Waals surface area contributed by atoms with Crippen LogP contribution < -0.4 is 0 Å². The number of hydrogen-bond acceptors (Lipinski definition) is 4. The first kappa shape index (κ1) is 20.9. The molecule has 0 saturated carbocycles. The maximum atomic E-state index is 12.5. The fourth-order valence-electron chi connectivity index (χ4n) is 2.57. The molecular formula is C18H34O4. The molecule has 4 atom stereocenters. The van der Waals surface area contributed by atoms with E-state index < -0.39 is 11.8 Å². The second kappa shape index (κ2) is 11.5. The van der Waals surface area contributed by atoms with E-state index in [0.29, 0.717) is 13.2 Å². The van der Waals surface area contributed by atoms with E-state index >= 15 is 0 Å². The van der Waals surface area contributed by atoms with Crippen molar-refractivity contribution in [3.05, 3.63) is 0 Å². The number of ether oxygens (including phenoxy) is 2. The Labute approximate surface area is 135 Å². The molecule has 0 aliphatic carbocycles. The molecule has 0 bridgehead atoms. The van der Waals surface area contributed by atoms with Gasteiger partial charge in [0.05, 0.1) is 25.0 Å². The number of esters is 2. The molecule has 0 N–H and O–H groups in total. The number of carbonyl (C=O) groups excluding carboxylic acids is 2. The lowest BCUT2D eigenvalue weighted by molar-refractivity contribution is -0.165. The lowest BCUT2D eigenvalue weighted by atomic mass is 9.74. The minimum absolute atomic E-state index is 0.0949. The third kappa shape index (κ3) is 6.37. The average Bonchev–Trinajstić information content (AvgIpc) is 2.53. The predicted molar refractivity (Wildman–Crippen MR) is 88.4 cm³/mol. The monoisotopic (exact) mass is 314 g/mol. The molecule has 0 rings (SSSR count). The molecule has 4 nitrogen and oxygen atoms in total. The van der Waals surface area contributed by atoms with Crippen LogP contribution in [0.3, 0.4) is 0 Å². The minimum atomic E-state index is -0.421. The van der Waals surface area contributed by atoms with Crippen LogP contribution in [0.4, 0.5) is 0 Å². The van der Waals surface area contributed by atoms with Crippen LogP contribution in [-0.2, 0) is 19.1 Å². The van der Waals surface area contributed by atoms with Gasteiger partial charge in [0.2, 0.25) is 0 Å². The highest BCUT2D eigenvalue weighted by atomic mass is 16.5. The summed E-state index contributed by atoms with van der Waals surface area (Å²) < 4.78 is 10.7. The molecule has 0 aliphatic rings. The highest BCUT2D eigenvalue weighted by Gasteiger charge is 2.41. The fraction of sp³-hybridized carbons (Fsp3) is 0.889. The normalized spacial score (nSPS) is 16.5. The van der Waals surface area contributed by atoms with Crippen LogP contribution in [-0.4, -0.2) is 25.2 Å². The molecule has 4 unspecified atom stereocenters. The van der Waals surface area contributed by atoms with Gasteiger partial charge in [-0.15, -0.1) is 0 Å². The van der Waals surface area contributed by atoms with Crippen LogP contribution in [0, 0.1) is 23.7 Å². The van der Waals surface area contributed by atoms with E-state index in [4.69, 9.17) is 9.47 Å². The Morgan fingerprint density at radius 3 is 1.27 bits per heavy atom. The smallest absolute Gasteiger partial charge is 0.310 e. The summed E-state index contributed by atoms with van der Waals surface area (Å²) in [6.07, 6.45) is 3.24. The van der Waals surface area contributed by atoms with Gasteiger partial charge in [0.1, 0.15) is 0 Å². The molecular weight excluding hydrogens is 280 g/mol. The maximum Gasteiger partial charge on any atom is 0.310 e. The van der Waals surface area contributed by atoms with E-state index in [1.807, 2.05) is 41.5 Å². The van der Waals surface area contributed by atoms with Gasteiger partial charge in [0.15, 0.2) is 0 Å². The van der Waals surface area contributed by atoms with E-state index in [-0.39, 0.29) is 23.8 Å². The molecule has 0 amide bonds. The molecule has 0 fully saturated rings. The van der Waals surface area contributed by atoms with Gasteiger partial charge in [-0.05, 0) is 24.7 Å². The standard InChI is InChI=1S/C18H34O4/c1-7-11-21-17(19)15(13(5)9-3)16(14(6)10-4)18(20)22-12-8-2/h13-16H,7-12H2,1-6H3. The summed E-state index contributed by atoms with van der Waals surface area (Å²) in [6.45, 7) is 12.8. The van der Waals surface area contributed by atoms with Gasteiger partial charge in [-0.2, -0.15) is 0 Å². The van der Waals surface area contributed by atoms with Gasteiger partial charge in [-0.25, -0.2) is 0 Å². The summed E-state index contributed by atoms with van der Waals surface area (Å²) in [6, 6.07) is 0. The highest BCUT2D eigenvalue weighted by molar-refractivity contribution is 5.82. The van der Waals surface area contributed by atoms with Crippen molar-refractivity contribution < 1.29 is 19.1 Å². The first-order chi connectivity index (χ1) is 10.4. The molecule has 4 heteroatoms. The molecule has 130 valence electrons. The number of rotatable bonds is 11. The average molecular weight is 314 g/mol. The third-order valence-electron chi connectivity index (χ3n) is 4.34. The van der Waals surface area contributed by atoms with Gasteiger partial charge in [-0.3, -0.25) is 9.59 Å². The molecule has 0 aromatic heterocycles. The Kier molecular flexibility index (Phi) is 10.9. The van der Waals surface area contributed by atoms with Crippen molar-refractivity contribution >= 4 is 11.9 Å². The zero-order chi connectivity index (χ0) is 17.1. The van der Waals surface area contributed by atoms with Crippen molar-refractivity contribution in [1.29, 1.82) is 0 Å². The Hall–Kier alpha value is -1.06. The van der Waals surface area contributed by atoms with Crippen molar-refractivity contribution in [3.8, 4) is 0 Å². The summed E-state index contributed by atoms with van der Waals surface area (Å²) >= 11 is 0. The van der Waals surface area contributed by atoms with Crippen LogP contribution in [0.5, 0.6) is 0 Å². The van der Waals surface area contributed by atoms with Gasteiger partial charge >= 0.3 is 11.9 Å². The molecule has 0 aromatic rings. The van der Waals surface area contributed by atoms with Crippen molar-refractivity contribution in [2.45, 2.75) is 67.2 Å². The van der Waals surface area contributed by atoms with E-state index in [9.17, 15) is 9.59 Å². The molecule has 0 aromatic carbocycles. The number of carbonyl (C=O) groups is 2. The number of hydrogen-bond donors (Lipinski definition) is 0. The van der Waals surface area contributed by atoms with Gasteiger partial charge in [0, 0.05) is 0 Å². The Balaban J connectivity index is 5.34. The van der Waals surface area contributed by atoms with E-state index in [2.05, 4.69) is 0 Å². The zero-order valence-corrected chi connectivity index (χ0v) is 15.2. The van der Waals surface area contributed by atoms with Gasteiger partial charge in [-0.1, -0.05) is 54.4 Å². The van der Waals surface area contributed by atoms with E-state index in [1.165, 1.54) is 0 Å². The summed E-state index contributed by atoms with van der Waals surface area (Å²) in [5, 5.41) is 0. The van der Waals surface area contributed by atoms with Crippen LogP contribution in [0.15, 0.2) is 0 Å². The largest absolute Gasteiger partial charge is 0.465 e. The fourth-order valence-corrected chi connectivity index (χ4v) is 2.57. The Morgan fingerprint density at radius 1 is 0.727 bits per heavy atom. The SMILES string of the molecule is CCCOC(=O)C(C(C)CC)C(C(=O)OCCC)C(C)CC. The van der Waals surface area contributed by atoms with Crippen LogP contribution in [0.1, 0.15) is 67.2 Å². The Morgan fingerprint density at radius 2 is 1.05 bits per heavy atom. The van der Waals surface area contributed by atoms with Crippen molar-refractivity contribution in [2.75, 3.05) is 13.2 Å². The van der Waals surface area contributed by atoms with Crippen molar-refractivity contribution in [3.63, 3.8) is 0 Å². The summed E-state index contributed by atoms with van der Waals surface area (Å²) in [4.78, 5) is 25.0. The van der Waals surface area contributed by atoms with Gasteiger partial charge < -0.3 is 9.47 Å². The quantitative estimate of drug-likeness (QED) is 0.536. The Bertz CT molecular complexity index is 295. The lowest BCUT2D eigenvalue weighted by Gasteiger charge is -2.32. The summed E-state index contributed by atoms with van der Waals surface area (Å²) in [5.74, 6) is -1.16.